The van der Waals surface area contributed by atoms with E-state index in [1.807, 2.05) is 10.8 Å². The van der Waals surface area contributed by atoms with Gasteiger partial charge >= 0.3 is 0 Å². The summed E-state index contributed by atoms with van der Waals surface area (Å²) in [6.45, 7) is 3.37. The molecule has 16 heavy (non-hydrogen) atoms. The second-order valence-corrected chi connectivity index (χ2v) is 4.47. The van der Waals surface area contributed by atoms with Crippen LogP contribution in [0.5, 0.6) is 0 Å². The van der Waals surface area contributed by atoms with Gasteiger partial charge in [0.15, 0.2) is 0 Å². The van der Waals surface area contributed by atoms with Crippen LogP contribution < -0.4 is 5.32 Å². The molecule has 1 aromatic heterocycles. The molecule has 0 aliphatic heterocycles. The van der Waals surface area contributed by atoms with Gasteiger partial charge < -0.3 is 9.88 Å². The first-order valence-corrected chi connectivity index (χ1v) is 6.06. The van der Waals surface area contributed by atoms with Gasteiger partial charge in [-0.1, -0.05) is 6.92 Å². The van der Waals surface area contributed by atoms with E-state index in [4.69, 9.17) is 0 Å². The van der Waals surface area contributed by atoms with E-state index in [1.54, 1.807) is 6.20 Å². The van der Waals surface area contributed by atoms with Gasteiger partial charge in [-0.15, -0.1) is 0 Å². The van der Waals surface area contributed by atoms with E-state index in [1.165, 1.54) is 12.8 Å². The molecule has 1 amide bonds. The Morgan fingerprint density at radius 2 is 2.44 bits per heavy atom. The number of aryl methyl sites for hydroxylation is 1. The molecule has 1 heterocycles. The van der Waals surface area contributed by atoms with Gasteiger partial charge in [0.1, 0.15) is 12.4 Å². The van der Waals surface area contributed by atoms with Crippen molar-refractivity contribution in [2.45, 2.75) is 39.2 Å². The van der Waals surface area contributed by atoms with Crippen LogP contribution in [0.25, 0.3) is 0 Å². The van der Waals surface area contributed by atoms with E-state index in [2.05, 4.69) is 17.2 Å². The minimum Gasteiger partial charge on any atom is -0.354 e. The number of carbonyl (C=O) groups excluding carboxylic acids is 1. The third-order valence-corrected chi connectivity index (χ3v) is 2.87. The molecule has 1 aliphatic carbocycles. The number of aromatic nitrogens is 2. The topological polar surface area (TPSA) is 46.9 Å². The minimum absolute atomic E-state index is 0.0993. The molecule has 1 aliphatic rings. The molecule has 1 saturated carbocycles. The summed E-state index contributed by atoms with van der Waals surface area (Å²) in [6.07, 6.45) is 8.17. The molecule has 4 heteroatoms. The summed E-state index contributed by atoms with van der Waals surface area (Å²) in [4.78, 5) is 15.9. The summed E-state index contributed by atoms with van der Waals surface area (Å²) in [5.74, 6) is 1.84. The summed E-state index contributed by atoms with van der Waals surface area (Å²) < 4.78 is 1.94. The van der Waals surface area contributed by atoms with Gasteiger partial charge in [-0.25, -0.2) is 4.98 Å². The molecule has 0 unspecified atom stereocenters. The van der Waals surface area contributed by atoms with E-state index in [0.717, 1.165) is 31.1 Å². The third kappa shape index (κ3) is 3.08. The van der Waals surface area contributed by atoms with E-state index in [9.17, 15) is 4.79 Å². The predicted octanol–water partition coefficient (Wildman–Crippen LogP) is 1.36. The summed E-state index contributed by atoms with van der Waals surface area (Å²) in [7, 11) is 0. The molecule has 4 nitrogen and oxygen atoms in total. The van der Waals surface area contributed by atoms with Crippen molar-refractivity contribution in [1.82, 2.24) is 14.9 Å². The van der Waals surface area contributed by atoms with Crippen LogP contribution in [0.2, 0.25) is 0 Å². The maximum atomic E-state index is 11.6. The van der Waals surface area contributed by atoms with Crippen molar-refractivity contribution in [3.63, 3.8) is 0 Å². The number of amides is 1. The Morgan fingerprint density at radius 3 is 3.12 bits per heavy atom. The number of rotatable bonds is 6. The fourth-order valence-electron chi connectivity index (χ4n) is 1.73. The Bertz CT molecular complexity index is 355. The smallest absolute Gasteiger partial charge is 0.239 e. The fraction of sp³-hybridized carbons (Fsp3) is 0.667. The molecule has 0 aromatic carbocycles. The zero-order chi connectivity index (χ0) is 11.4. The quantitative estimate of drug-likeness (QED) is 0.788. The lowest BCUT2D eigenvalue weighted by molar-refractivity contribution is -0.121. The first kappa shape index (κ1) is 11.2. The van der Waals surface area contributed by atoms with Crippen molar-refractivity contribution in [2.75, 3.05) is 6.54 Å². The second kappa shape index (κ2) is 5.14. The van der Waals surface area contributed by atoms with Crippen molar-refractivity contribution < 1.29 is 4.79 Å². The number of imidazole rings is 1. The number of hydrogen-bond acceptors (Lipinski definition) is 2. The zero-order valence-electron chi connectivity index (χ0n) is 9.78. The standard InChI is InChI=1S/C12H19N3O/c1-2-3-11-13-6-7-15(11)9-12(16)14-8-10-4-5-10/h6-7,10H,2-5,8-9H2,1H3,(H,14,16). The first-order chi connectivity index (χ1) is 7.79. The highest BCUT2D eigenvalue weighted by molar-refractivity contribution is 5.75. The third-order valence-electron chi connectivity index (χ3n) is 2.87. The number of nitrogens with one attached hydrogen (secondary N) is 1. The predicted molar refractivity (Wildman–Crippen MR) is 62.0 cm³/mol. The summed E-state index contributed by atoms with van der Waals surface area (Å²) in [5, 5.41) is 2.96. The van der Waals surface area contributed by atoms with Crippen LogP contribution in [0.4, 0.5) is 0 Å². The van der Waals surface area contributed by atoms with Crippen LogP contribution in [0.3, 0.4) is 0 Å². The Morgan fingerprint density at radius 1 is 1.62 bits per heavy atom. The molecule has 1 N–H and O–H groups in total. The van der Waals surface area contributed by atoms with Crippen LogP contribution in [-0.4, -0.2) is 22.0 Å². The van der Waals surface area contributed by atoms with Gasteiger partial charge in [0.25, 0.3) is 0 Å². The maximum absolute atomic E-state index is 11.6. The SMILES string of the molecule is CCCc1nccn1CC(=O)NCC1CC1. The normalized spacial score (nSPS) is 15.1. The highest BCUT2D eigenvalue weighted by Crippen LogP contribution is 2.27. The second-order valence-electron chi connectivity index (χ2n) is 4.47. The van der Waals surface area contributed by atoms with Crippen LogP contribution in [0.15, 0.2) is 12.4 Å². The molecule has 1 aromatic rings. The van der Waals surface area contributed by atoms with Gasteiger partial charge in [-0.2, -0.15) is 0 Å². The minimum atomic E-state index is 0.0993. The summed E-state index contributed by atoms with van der Waals surface area (Å²) >= 11 is 0. The molecule has 0 atom stereocenters. The Labute approximate surface area is 96.1 Å². The van der Waals surface area contributed by atoms with E-state index in [-0.39, 0.29) is 5.91 Å². The highest BCUT2D eigenvalue weighted by atomic mass is 16.1. The van der Waals surface area contributed by atoms with Gasteiger partial charge in [-0.3, -0.25) is 4.79 Å². The molecule has 0 saturated heterocycles. The molecule has 1 fully saturated rings. The Balaban J connectivity index is 1.81. The zero-order valence-corrected chi connectivity index (χ0v) is 9.78. The van der Waals surface area contributed by atoms with E-state index >= 15 is 0 Å². The molecular formula is C12H19N3O. The fourth-order valence-corrected chi connectivity index (χ4v) is 1.73. The van der Waals surface area contributed by atoms with Gasteiger partial charge in [-0.05, 0) is 25.2 Å². The van der Waals surface area contributed by atoms with Crippen LogP contribution in [0.1, 0.15) is 32.0 Å². The van der Waals surface area contributed by atoms with Crippen molar-refractivity contribution in [3.05, 3.63) is 18.2 Å². The lowest BCUT2D eigenvalue weighted by Gasteiger charge is -2.07. The number of hydrogen-bond donors (Lipinski definition) is 1. The molecule has 0 radical (unpaired) electrons. The van der Waals surface area contributed by atoms with Crippen LogP contribution in [-0.2, 0) is 17.8 Å². The summed E-state index contributed by atoms with van der Waals surface area (Å²) in [5.41, 5.74) is 0. The molecule has 0 spiro atoms. The van der Waals surface area contributed by atoms with Crippen molar-refractivity contribution in [3.8, 4) is 0 Å². The first-order valence-electron chi connectivity index (χ1n) is 6.06. The Kier molecular flexibility index (Phi) is 3.59. The maximum Gasteiger partial charge on any atom is 0.239 e. The molecular weight excluding hydrogens is 202 g/mol. The molecule has 0 bridgehead atoms. The molecule has 88 valence electrons. The monoisotopic (exact) mass is 221 g/mol. The lowest BCUT2D eigenvalue weighted by atomic mass is 10.3. The van der Waals surface area contributed by atoms with Crippen LogP contribution in [0, 0.1) is 5.92 Å². The lowest BCUT2D eigenvalue weighted by Crippen LogP contribution is -2.29. The summed E-state index contributed by atoms with van der Waals surface area (Å²) in [6, 6.07) is 0. The van der Waals surface area contributed by atoms with Crippen molar-refractivity contribution in [2.24, 2.45) is 5.92 Å². The van der Waals surface area contributed by atoms with Crippen LogP contribution >= 0.6 is 0 Å². The Hall–Kier alpha value is -1.32. The van der Waals surface area contributed by atoms with Gasteiger partial charge in [0.2, 0.25) is 5.91 Å². The average Bonchev–Trinajstić information content (AvgIpc) is 3.00. The highest BCUT2D eigenvalue weighted by Gasteiger charge is 2.21. The van der Waals surface area contributed by atoms with Crippen molar-refractivity contribution >= 4 is 5.91 Å². The number of carbonyl (C=O) groups is 1. The van der Waals surface area contributed by atoms with Gasteiger partial charge in [0.05, 0.1) is 0 Å². The number of nitrogens with zero attached hydrogens (tertiary/aromatic N) is 2. The van der Waals surface area contributed by atoms with Crippen molar-refractivity contribution in [1.29, 1.82) is 0 Å². The van der Waals surface area contributed by atoms with E-state index < -0.39 is 0 Å². The van der Waals surface area contributed by atoms with Gasteiger partial charge in [0, 0.05) is 25.4 Å². The average molecular weight is 221 g/mol. The molecule has 2 rings (SSSR count). The largest absolute Gasteiger partial charge is 0.354 e. The van der Waals surface area contributed by atoms with E-state index in [0.29, 0.717) is 6.54 Å².